The topological polar surface area (TPSA) is 57.8 Å². The number of nitrogen functional groups attached to an aromatic ring is 1. The maximum absolute atomic E-state index is 13.7. The molecule has 2 aromatic heterocycles. The summed E-state index contributed by atoms with van der Waals surface area (Å²) in [6.07, 6.45) is -6.44. The molecule has 1 fully saturated rings. The average molecular weight is 550 g/mol. The number of alkyl halides is 6. The zero-order chi connectivity index (χ0) is 27.1. The van der Waals surface area contributed by atoms with Crippen molar-refractivity contribution in [2.24, 2.45) is 4.99 Å². The first-order chi connectivity index (χ1) is 18.0. The second-order valence-corrected chi connectivity index (χ2v) is 9.83. The van der Waals surface area contributed by atoms with Crippen LogP contribution in [0.5, 0.6) is 0 Å². The number of thiophene rings is 1. The predicted molar refractivity (Wildman–Crippen MR) is 138 cm³/mol. The first-order valence-corrected chi connectivity index (χ1v) is 12.4. The van der Waals surface area contributed by atoms with Crippen LogP contribution in [0.15, 0.2) is 65.8 Å². The fourth-order valence-corrected chi connectivity index (χ4v) is 5.38. The van der Waals surface area contributed by atoms with E-state index in [9.17, 15) is 26.3 Å². The highest BCUT2D eigenvalue weighted by molar-refractivity contribution is 7.22. The van der Waals surface area contributed by atoms with E-state index < -0.39 is 23.5 Å². The largest absolute Gasteiger partial charge is 0.419 e. The molecule has 198 valence electrons. The van der Waals surface area contributed by atoms with Crippen molar-refractivity contribution in [1.29, 1.82) is 0 Å². The quantitative estimate of drug-likeness (QED) is 0.128. The minimum atomic E-state index is -4.60. The summed E-state index contributed by atoms with van der Waals surface area (Å²) in [5.41, 5.74) is 4.95. The van der Waals surface area contributed by atoms with E-state index in [0.717, 1.165) is 28.3 Å². The van der Waals surface area contributed by atoms with E-state index >= 15 is 0 Å². The van der Waals surface area contributed by atoms with Gasteiger partial charge in [0.1, 0.15) is 5.82 Å². The summed E-state index contributed by atoms with van der Waals surface area (Å²) in [6, 6.07) is 13.4. The minimum absolute atomic E-state index is 0.0289. The lowest BCUT2D eigenvalue weighted by atomic mass is 10.0. The van der Waals surface area contributed by atoms with Gasteiger partial charge in [0.25, 0.3) is 0 Å². The molecule has 12 heteroatoms. The van der Waals surface area contributed by atoms with Crippen LogP contribution < -0.4 is 10.6 Å². The highest BCUT2D eigenvalue weighted by Gasteiger charge is 2.36. The van der Waals surface area contributed by atoms with Gasteiger partial charge < -0.3 is 15.5 Å². The van der Waals surface area contributed by atoms with Gasteiger partial charge in [-0.2, -0.15) is 26.3 Å². The van der Waals surface area contributed by atoms with Crippen molar-refractivity contribution in [2.75, 3.05) is 36.8 Å². The molecule has 0 bridgehead atoms. The number of hydrogen-bond acceptors (Lipinski definition) is 5. The first kappa shape index (κ1) is 25.8. The number of hydrogen-bond donors (Lipinski definition) is 1. The van der Waals surface area contributed by atoms with Gasteiger partial charge in [0.05, 0.1) is 28.8 Å². The number of rotatable bonds is 4. The van der Waals surface area contributed by atoms with Gasteiger partial charge in [-0.25, -0.2) is 9.98 Å². The second kappa shape index (κ2) is 9.82. The van der Waals surface area contributed by atoms with Crippen LogP contribution in [0.25, 0.3) is 20.5 Å². The summed E-state index contributed by atoms with van der Waals surface area (Å²) in [5.74, 6) is -0.147. The smallest absolute Gasteiger partial charge is 0.396 e. The van der Waals surface area contributed by atoms with Gasteiger partial charge in [0.15, 0.2) is 0 Å². The van der Waals surface area contributed by atoms with Gasteiger partial charge >= 0.3 is 12.4 Å². The Labute approximate surface area is 217 Å². The van der Waals surface area contributed by atoms with E-state index in [1.165, 1.54) is 34.8 Å². The summed E-state index contributed by atoms with van der Waals surface area (Å²) in [4.78, 5) is 12.0. The number of halogens is 6. The van der Waals surface area contributed by atoms with E-state index in [1.807, 2.05) is 24.3 Å². The number of benzene rings is 2. The van der Waals surface area contributed by atoms with Crippen molar-refractivity contribution < 1.29 is 26.3 Å². The Morgan fingerprint density at radius 3 is 2.32 bits per heavy atom. The molecular weight excluding hydrogens is 528 g/mol. The number of piperazine rings is 1. The van der Waals surface area contributed by atoms with Crippen molar-refractivity contribution >= 4 is 45.0 Å². The van der Waals surface area contributed by atoms with Gasteiger partial charge in [-0.1, -0.05) is 18.2 Å². The van der Waals surface area contributed by atoms with Crippen LogP contribution >= 0.6 is 11.3 Å². The Kier molecular flexibility index (Phi) is 6.68. The van der Waals surface area contributed by atoms with Gasteiger partial charge in [0, 0.05) is 47.5 Å². The molecule has 0 aliphatic carbocycles. The molecule has 2 N–H and O–H groups in total. The molecule has 0 radical (unpaired) electrons. The van der Waals surface area contributed by atoms with Gasteiger partial charge in [0.2, 0.25) is 0 Å². The molecule has 1 saturated heterocycles. The summed E-state index contributed by atoms with van der Waals surface area (Å²) in [5, 5.41) is 0.897. The van der Waals surface area contributed by atoms with Crippen LogP contribution in [0.2, 0.25) is 0 Å². The molecule has 0 amide bonds. The summed E-state index contributed by atoms with van der Waals surface area (Å²) >= 11 is 1.34. The second-order valence-electron chi connectivity index (χ2n) is 8.74. The van der Waals surface area contributed by atoms with E-state index in [4.69, 9.17) is 5.73 Å². The molecule has 1 aliphatic heterocycles. The van der Waals surface area contributed by atoms with E-state index in [-0.39, 0.29) is 35.8 Å². The molecule has 3 heterocycles. The summed E-state index contributed by atoms with van der Waals surface area (Å²) < 4.78 is 82.2. The zero-order valence-corrected chi connectivity index (χ0v) is 20.5. The molecule has 1 aliphatic rings. The Morgan fingerprint density at radius 1 is 0.895 bits per heavy atom. The Morgan fingerprint density at radius 2 is 1.63 bits per heavy atom. The standard InChI is InChI=1S/C26H21F6N5S/c27-25(28,29)17-13-18(22-12-16-4-1-2-6-21(16)38-22)23(33)20(14-17)35-15-36-8-10-37(11-9-36)24-19(26(30,31)32)5-3-7-34-24/h1-7,12-15H,8-11,33H2. The molecule has 38 heavy (non-hydrogen) atoms. The van der Waals surface area contributed by atoms with E-state index in [0.29, 0.717) is 18.0 Å². The summed E-state index contributed by atoms with van der Waals surface area (Å²) in [6.45, 7) is 1.08. The molecule has 0 saturated carbocycles. The molecule has 4 aromatic rings. The van der Waals surface area contributed by atoms with Crippen LogP contribution in [0.3, 0.4) is 0 Å². The molecule has 5 nitrogen and oxygen atoms in total. The number of anilines is 2. The van der Waals surface area contributed by atoms with Crippen LogP contribution in [0.4, 0.5) is 43.5 Å². The highest BCUT2D eigenvalue weighted by Crippen LogP contribution is 2.44. The normalized spacial score (nSPS) is 15.1. The number of nitrogens with two attached hydrogens (primary N) is 1. The third kappa shape index (κ3) is 5.26. The van der Waals surface area contributed by atoms with Crippen molar-refractivity contribution in [3.05, 3.63) is 71.9 Å². The SMILES string of the molecule is Nc1c(N=CN2CCN(c3ncccc3C(F)(F)F)CC2)cc(C(F)(F)F)cc1-c1cc2ccccc2s1. The lowest BCUT2D eigenvalue weighted by molar-refractivity contribution is -0.138. The monoisotopic (exact) mass is 549 g/mol. The van der Waals surface area contributed by atoms with Crippen LogP contribution in [0.1, 0.15) is 11.1 Å². The highest BCUT2D eigenvalue weighted by atomic mass is 32.1. The van der Waals surface area contributed by atoms with Gasteiger partial charge in [-0.15, -0.1) is 11.3 Å². The molecule has 0 spiro atoms. The maximum Gasteiger partial charge on any atom is 0.419 e. The van der Waals surface area contributed by atoms with Crippen molar-refractivity contribution in [3.63, 3.8) is 0 Å². The third-order valence-corrected chi connectivity index (χ3v) is 7.39. The van der Waals surface area contributed by atoms with Gasteiger partial charge in [-0.05, 0) is 41.8 Å². The minimum Gasteiger partial charge on any atom is -0.396 e. The Hall–Kier alpha value is -3.80. The molecule has 0 atom stereocenters. The fraction of sp³-hybridized carbons (Fsp3) is 0.231. The van der Waals surface area contributed by atoms with Crippen molar-refractivity contribution in [3.8, 4) is 10.4 Å². The molecule has 5 rings (SSSR count). The van der Waals surface area contributed by atoms with Crippen LogP contribution in [-0.2, 0) is 12.4 Å². The molecule has 0 unspecified atom stereocenters. The number of fused-ring (bicyclic) bond motifs is 1. The average Bonchev–Trinajstić information content (AvgIpc) is 3.31. The van der Waals surface area contributed by atoms with Crippen LogP contribution in [0, 0.1) is 0 Å². The lowest BCUT2D eigenvalue weighted by Gasteiger charge is -2.35. The fourth-order valence-electron chi connectivity index (χ4n) is 4.29. The number of pyridine rings is 1. The Balaban J connectivity index is 1.39. The van der Waals surface area contributed by atoms with Crippen LogP contribution in [-0.4, -0.2) is 42.4 Å². The number of nitrogens with zero attached hydrogens (tertiary/aromatic N) is 4. The van der Waals surface area contributed by atoms with Gasteiger partial charge in [-0.3, -0.25) is 0 Å². The number of aliphatic imine (C=N–C) groups is 1. The zero-order valence-electron chi connectivity index (χ0n) is 19.7. The van der Waals surface area contributed by atoms with E-state index in [1.54, 1.807) is 11.0 Å². The lowest BCUT2D eigenvalue weighted by Crippen LogP contribution is -2.46. The first-order valence-electron chi connectivity index (χ1n) is 11.6. The Bertz CT molecular complexity index is 1450. The molecular formula is C26H21F6N5S. The van der Waals surface area contributed by atoms with Crippen molar-refractivity contribution in [2.45, 2.75) is 12.4 Å². The number of aromatic nitrogens is 1. The van der Waals surface area contributed by atoms with E-state index in [2.05, 4.69) is 9.98 Å². The predicted octanol–water partition coefficient (Wildman–Crippen LogP) is 7.07. The maximum atomic E-state index is 13.7. The van der Waals surface area contributed by atoms with Crippen molar-refractivity contribution in [1.82, 2.24) is 9.88 Å². The third-order valence-electron chi connectivity index (χ3n) is 6.24. The molecule has 2 aromatic carbocycles. The summed E-state index contributed by atoms with van der Waals surface area (Å²) in [7, 11) is 0.